The summed E-state index contributed by atoms with van der Waals surface area (Å²) in [6.07, 6.45) is 2.26. The lowest BCUT2D eigenvalue weighted by Gasteiger charge is -2.35. The minimum atomic E-state index is 0.264. The van der Waals surface area contributed by atoms with Gasteiger partial charge in [0.15, 0.2) is 0 Å². The molecule has 0 spiro atoms. The second-order valence-corrected chi connectivity index (χ2v) is 4.83. The third kappa shape index (κ3) is 1.94. The Bertz CT molecular complexity index is 264. The topological polar surface area (TPSA) is 29.0 Å². The van der Waals surface area contributed by atoms with Gasteiger partial charge in [-0.15, -0.1) is 21.8 Å². The van der Waals surface area contributed by atoms with Crippen LogP contribution in [-0.2, 0) is 0 Å². The fourth-order valence-electron chi connectivity index (χ4n) is 1.62. The summed E-state index contributed by atoms with van der Waals surface area (Å²) in [5.74, 6) is 0. The molecule has 2 unspecified atom stereocenters. The first kappa shape index (κ1) is 9.21. The molecule has 0 amide bonds. The second-order valence-electron chi connectivity index (χ2n) is 3.40. The molecule has 2 heterocycles. The van der Waals surface area contributed by atoms with Crippen LogP contribution in [0.25, 0.3) is 0 Å². The molecular formula is C8H12ClN3S. The van der Waals surface area contributed by atoms with Crippen LogP contribution in [0.2, 0.25) is 0 Å². The molecule has 1 aromatic rings. The van der Waals surface area contributed by atoms with Gasteiger partial charge in [0.1, 0.15) is 5.51 Å². The van der Waals surface area contributed by atoms with Gasteiger partial charge in [-0.05, 0) is 19.8 Å². The summed E-state index contributed by atoms with van der Waals surface area (Å²) in [4.78, 5) is 2.25. The zero-order valence-corrected chi connectivity index (χ0v) is 9.05. The number of alkyl halides is 1. The van der Waals surface area contributed by atoms with Crippen LogP contribution in [0.1, 0.15) is 19.8 Å². The third-order valence-corrected chi connectivity index (χ3v) is 3.50. The van der Waals surface area contributed by atoms with Gasteiger partial charge in [0.25, 0.3) is 0 Å². The SMILES string of the molecule is CC1CCC(Cl)CN1c1nncs1. The first-order valence-corrected chi connectivity index (χ1v) is 5.76. The minimum Gasteiger partial charge on any atom is -0.342 e. The highest BCUT2D eigenvalue weighted by Gasteiger charge is 2.25. The number of halogens is 1. The molecule has 0 saturated carbocycles. The van der Waals surface area contributed by atoms with Gasteiger partial charge < -0.3 is 4.90 Å². The van der Waals surface area contributed by atoms with E-state index in [1.807, 2.05) is 0 Å². The van der Waals surface area contributed by atoms with Crippen molar-refractivity contribution in [1.82, 2.24) is 10.2 Å². The molecule has 0 aliphatic carbocycles. The third-order valence-electron chi connectivity index (χ3n) is 2.42. The monoisotopic (exact) mass is 217 g/mol. The Balaban J connectivity index is 2.12. The predicted octanol–water partition coefficient (Wildman–Crippen LogP) is 2.13. The van der Waals surface area contributed by atoms with Crippen molar-refractivity contribution in [1.29, 1.82) is 0 Å². The lowest BCUT2D eigenvalue weighted by Crippen LogP contribution is -2.42. The van der Waals surface area contributed by atoms with Crippen LogP contribution in [0, 0.1) is 0 Å². The smallest absolute Gasteiger partial charge is 0.208 e. The number of nitrogens with zero attached hydrogens (tertiary/aromatic N) is 3. The molecule has 2 rings (SSSR count). The molecule has 1 aliphatic rings. The van der Waals surface area contributed by atoms with E-state index in [0.717, 1.165) is 24.5 Å². The lowest BCUT2D eigenvalue weighted by molar-refractivity contribution is 0.488. The summed E-state index contributed by atoms with van der Waals surface area (Å²) in [7, 11) is 0. The molecule has 0 aromatic carbocycles. The molecule has 0 radical (unpaired) electrons. The normalized spacial score (nSPS) is 29.2. The Labute approximate surface area is 86.7 Å². The molecule has 0 bridgehead atoms. The van der Waals surface area contributed by atoms with Crippen LogP contribution >= 0.6 is 22.9 Å². The minimum absolute atomic E-state index is 0.264. The predicted molar refractivity (Wildman–Crippen MR) is 55.6 cm³/mol. The van der Waals surface area contributed by atoms with E-state index < -0.39 is 0 Å². The molecule has 2 atom stereocenters. The zero-order valence-electron chi connectivity index (χ0n) is 7.48. The van der Waals surface area contributed by atoms with Crippen LogP contribution in [0.5, 0.6) is 0 Å². The van der Waals surface area contributed by atoms with Crippen LogP contribution < -0.4 is 4.90 Å². The highest BCUT2D eigenvalue weighted by Crippen LogP contribution is 2.27. The molecule has 13 heavy (non-hydrogen) atoms. The number of aromatic nitrogens is 2. The van der Waals surface area contributed by atoms with Gasteiger partial charge in [0.2, 0.25) is 5.13 Å². The van der Waals surface area contributed by atoms with Crippen molar-refractivity contribution in [2.24, 2.45) is 0 Å². The fourth-order valence-corrected chi connectivity index (χ4v) is 2.57. The number of rotatable bonds is 1. The molecular weight excluding hydrogens is 206 g/mol. The van der Waals surface area contributed by atoms with Gasteiger partial charge in [0, 0.05) is 12.6 Å². The summed E-state index contributed by atoms with van der Waals surface area (Å²) in [6, 6.07) is 0.544. The van der Waals surface area contributed by atoms with Gasteiger partial charge in [-0.3, -0.25) is 0 Å². The first-order valence-electron chi connectivity index (χ1n) is 4.44. The molecule has 5 heteroatoms. The van der Waals surface area contributed by atoms with E-state index in [-0.39, 0.29) is 5.38 Å². The Hall–Kier alpha value is -0.350. The van der Waals surface area contributed by atoms with Gasteiger partial charge in [-0.2, -0.15) is 0 Å². The maximum atomic E-state index is 6.11. The van der Waals surface area contributed by atoms with Crippen LogP contribution in [0.15, 0.2) is 5.51 Å². The van der Waals surface area contributed by atoms with Crippen molar-refractivity contribution in [3.8, 4) is 0 Å². The molecule has 1 saturated heterocycles. The van der Waals surface area contributed by atoms with Crippen molar-refractivity contribution < 1.29 is 0 Å². The Morgan fingerprint density at radius 1 is 1.62 bits per heavy atom. The van der Waals surface area contributed by atoms with E-state index in [1.165, 1.54) is 0 Å². The average Bonchev–Trinajstić information content (AvgIpc) is 2.61. The highest BCUT2D eigenvalue weighted by atomic mass is 35.5. The summed E-state index contributed by atoms with van der Waals surface area (Å²) in [5.41, 5.74) is 1.76. The van der Waals surface area contributed by atoms with E-state index in [9.17, 15) is 0 Å². The number of piperidine rings is 1. The summed E-state index contributed by atoms with van der Waals surface area (Å²) < 4.78 is 0. The molecule has 1 aliphatic heterocycles. The van der Waals surface area contributed by atoms with Crippen molar-refractivity contribution in [3.05, 3.63) is 5.51 Å². The van der Waals surface area contributed by atoms with E-state index in [4.69, 9.17) is 11.6 Å². The standard InChI is InChI=1S/C8H12ClN3S/c1-6-2-3-7(9)4-12(6)8-11-10-5-13-8/h5-7H,2-4H2,1H3. The number of hydrogen-bond donors (Lipinski definition) is 0. The highest BCUT2D eigenvalue weighted by molar-refractivity contribution is 7.13. The van der Waals surface area contributed by atoms with Gasteiger partial charge in [-0.25, -0.2) is 0 Å². The fraction of sp³-hybridized carbons (Fsp3) is 0.750. The number of anilines is 1. The van der Waals surface area contributed by atoms with Crippen molar-refractivity contribution in [2.75, 3.05) is 11.4 Å². The average molecular weight is 218 g/mol. The van der Waals surface area contributed by atoms with Gasteiger partial charge >= 0.3 is 0 Å². The quantitative estimate of drug-likeness (QED) is 0.675. The number of hydrogen-bond acceptors (Lipinski definition) is 4. The molecule has 3 nitrogen and oxygen atoms in total. The summed E-state index contributed by atoms with van der Waals surface area (Å²) in [6.45, 7) is 3.11. The molecule has 1 aromatic heterocycles. The lowest BCUT2D eigenvalue weighted by atomic mass is 10.0. The summed E-state index contributed by atoms with van der Waals surface area (Å²) in [5, 5.41) is 9.16. The maximum absolute atomic E-state index is 6.11. The first-order chi connectivity index (χ1) is 6.27. The Morgan fingerprint density at radius 3 is 3.15 bits per heavy atom. The van der Waals surface area contributed by atoms with Crippen LogP contribution in [-0.4, -0.2) is 28.2 Å². The van der Waals surface area contributed by atoms with Crippen LogP contribution in [0.4, 0.5) is 5.13 Å². The second kappa shape index (κ2) is 3.80. The van der Waals surface area contributed by atoms with E-state index >= 15 is 0 Å². The molecule has 1 fully saturated rings. The van der Waals surface area contributed by atoms with Crippen molar-refractivity contribution in [2.45, 2.75) is 31.2 Å². The molecule has 0 N–H and O–H groups in total. The summed E-state index contributed by atoms with van der Waals surface area (Å²) >= 11 is 7.69. The largest absolute Gasteiger partial charge is 0.342 e. The van der Waals surface area contributed by atoms with E-state index in [0.29, 0.717) is 6.04 Å². The van der Waals surface area contributed by atoms with Crippen LogP contribution in [0.3, 0.4) is 0 Å². The maximum Gasteiger partial charge on any atom is 0.208 e. The van der Waals surface area contributed by atoms with E-state index in [1.54, 1.807) is 16.8 Å². The van der Waals surface area contributed by atoms with E-state index in [2.05, 4.69) is 22.0 Å². The van der Waals surface area contributed by atoms with Crippen molar-refractivity contribution >= 4 is 28.1 Å². The Morgan fingerprint density at radius 2 is 2.46 bits per heavy atom. The Kier molecular flexibility index (Phi) is 2.69. The molecule has 72 valence electrons. The van der Waals surface area contributed by atoms with Gasteiger partial charge in [-0.1, -0.05) is 11.3 Å². The van der Waals surface area contributed by atoms with Crippen molar-refractivity contribution in [3.63, 3.8) is 0 Å². The zero-order chi connectivity index (χ0) is 9.26. The van der Waals surface area contributed by atoms with Gasteiger partial charge in [0.05, 0.1) is 5.38 Å².